The van der Waals surface area contributed by atoms with Crippen molar-refractivity contribution in [2.24, 2.45) is 0 Å². The van der Waals surface area contributed by atoms with Gasteiger partial charge in [0.15, 0.2) is 0 Å². The highest BCUT2D eigenvalue weighted by Gasteiger charge is 2.31. The summed E-state index contributed by atoms with van der Waals surface area (Å²) < 4.78 is 18.8. The number of benzene rings is 1. The van der Waals surface area contributed by atoms with Gasteiger partial charge < -0.3 is 14.7 Å². The first kappa shape index (κ1) is 12.8. The van der Waals surface area contributed by atoms with E-state index in [1.807, 2.05) is 0 Å². The lowest BCUT2D eigenvalue weighted by atomic mass is 9.97. The molecule has 0 spiro atoms. The number of hydrogen-bond donors (Lipinski definition) is 1. The summed E-state index contributed by atoms with van der Waals surface area (Å²) in [6, 6.07) is 4.68. The summed E-state index contributed by atoms with van der Waals surface area (Å²) >= 11 is 0. The van der Waals surface area contributed by atoms with E-state index in [0.29, 0.717) is 30.8 Å². The SMILES string of the molecule is COc1ccc(C2CC(=O)N(CCO)C2)c(F)c1. The maximum absolute atomic E-state index is 13.9. The molecule has 0 aliphatic carbocycles. The number of aliphatic hydroxyl groups excluding tert-OH is 1. The number of β-amino-alcohol motifs (C(OH)–C–C–N with tert-alkyl or cyclic N) is 1. The minimum Gasteiger partial charge on any atom is -0.497 e. The van der Waals surface area contributed by atoms with Crippen LogP contribution in [0, 0.1) is 5.82 Å². The molecule has 4 nitrogen and oxygen atoms in total. The number of amides is 1. The minimum atomic E-state index is -0.349. The molecule has 0 saturated carbocycles. The molecule has 98 valence electrons. The zero-order valence-corrected chi connectivity index (χ0v) is 10.2. The minimum absolute atomic E-state index is 0.0377. The Bertz CT molecular complexity index is 450. The predicted octanol–water partition coefficient (Wildman–Crippen LogP) is 1.14. The van der Waals surface area contributed by atoms with Crippen LogP contribution in [0.4, 0.5) is 4.39 Å². The molecule has 1 amide bonds. The third-order valence-corrected chi connectivity index (χ3v) is 3.23. The van der Waals surface area contributed by atoms with Crippen molar-refractivity contribution in [3.05, 3.63) is 29.6 Å². The number of rotatable bonds is 4. The molecule has 1 saturated heterocycles. The second-order valence-corrected chi connectivity index (χ2v) is 4.35. The summed E-state index contributed by atoms with van der Waals surface area (Å²) in [4.78, 5) is 13.2. The summed E-state index contributed by atoms with van der Waals surface area (Å²) in [6.45, 7) is 0.708. The molecule has 18 heavy (non-hydrogen) atoms. The van der Waals surface area contributed by atoms with Gasteiger partial charge in [0.05, 0.1) is 13.7 Å². The second-order valence-electron chi connectivity index (χ2n) is 4.35. The quantitative estimate of drug-likeness (QED) is 0.875. The van der Waals surface area contributed by atoms with Gasteiger partial charge in [-0.15, -0.1) is 0 Å². The maximum Gasteiger partial charge on any atom is 0.223 e. The van der Waals surface area contributed by atoms with E-state index in [4.69, 9.17) is 9.84 Å². The summed E-state index contributed by atoms with van der Waals surface area (Å²) in [6.07, 6.45) is 0.295. The third kappa shape index (κ3) is 2.46. The van der Waals surface area contributed by atoms with Gasteiger partial charge >= 0.3 is 0 Å². The topological polar surface area (TPSA) is 49.8 Å². The van der Waals surface area contributed by atoms with E-state index in [0.717, 1.165) is 0 Å². The van der Waals surface area contributed by atoms with E-state index in [9.17, 15) is 9.18 Å². The molecule has 1 atom stereocenters. The smallest absolute Gasteiger partial charge is 0.223 e. The lowest BCUT2D eigenvalue weighted by Crippen LogP contribution is -2.28. The standard InChI is InChI=1S/C13H16FNO3/c1-18-10-2-3-11(12(14)7-10)9-6-13(17)15(8-9)4-5-16/h2-3,7,9,16H,4-6,8H2,1H3. The molecule has 1 aliphatic heterocycles. The largest absolute Gasteiger partial charge is 0.497 e. The number of nitrogens with zero attached hydrogens (tertiary/aromatic N) is 1. The molecule has 0 bridgehead atoms. The molecule has 1 aliphatic rings. The fraction of sp³-hybridized carbons (Fsp3) is 0.462. The van der Waals surface area contributed by atoms with Gasteiger partial charge in [0.1, 0.15) is 11.6 Å². The van der Waals surface area contributed by atoms with Crippen LogP contribution in [0.2, 0.25) is 0 Å². The van der Waals surface area contributed by atoms with Crippen LogP contribution in [0.5, 0.6) is 5.75 Å². The van der Waals surface area contributed by atoms with Crippen LogP contribution in [-0.4, -0.2) is 42.7 Å². The normalized spacial score (nSPS) is 19.4. The number of carbonyl (C=O) groups is 1. The average Bonchev–Trinajstić information content (AvgIpc) is 2.71. The molecule has 1 fully saturated rings. The van der Waals surface area contributed by atoms with Gasteiger partial charge in [-0.1, -0.05) is 6.07 Å². The van der Waals surface area contributed by atoms with Crippen molar-refractivity contribution in [2.45, 2.75) is 12.3 Å². The highest BCUT2D eigenvalue weighted by molar-refractivity contribution is 5.79. The van der Waals surface area contributed by atoms with Crippen molar-refractivity contribution in [2.75, 3.05) is 26.8 Å². The highest BCUT2D eigenvalue weighted by atomic mass is 19.1. The number of likely N-dealkylation sites (tertiary alicyclic amines) is 1. The molecule has 1 unspecified atom stereocenters. The molecule has 1 aromatic rings. The molecule has 2 rings (SSSR count). The van der Waals surface area contributed by atoms with E-state index in [2.05, 4.69) is 0 Å². The van der Waals surface area contributed by atoms with Crippen molar-refractivity contribution in [3.8, 4) is 5.75 Å². The summed E-state index contributed by atoms with van der Waals surface area (Å²) in [5, 5.41) is 8.84. The van der Waals surface area contributed by atoms with Gasteiger partial charge in [0, 0.05) is 31.5 Å². The highest BCUT2D eigenvalue weighted by Crippen LogP contribution is 2.31. The van der Waals surface area contributed by atoms with Crippen LogP contribution in [0.25, 0.3) is 0 Å². The molecule has 1 heterocycles. The summed E-state index contributed by atoms with van der Waals surface area (Å²) in [7, 11) is 1.48. The zero-order chi connectivity index (χ0) is 13.1. The van der Waals surface area contributed by atoms with E-state index >= 15 is 0 Å². The maximum atomic E-state index is 13.9. The van der Waals surface area contributed by atoms with Gasteiger partial charge in [-0.3, -0.25) is 4.79 Å². The van der Waals surface area contributed by atoms with Gasteiger partial charge in [-0.05, 0) is 11.6 Å². The fourth-order valence-electron chi connectivity index (χ4n) is 2.28. The number of carbonyl (C=O) groups excluding carboxylic acids is 1. The average molecular weight is 253 g/mol. The van der Waals surface area contributed by atoms with Crippen LogP contribution in [0.15, 0.2) is 18.2 Å². The van der Waals surface area contributed by atoms with Crippen molar-refractivity contribution in [3.63, 3.8) is 0 Å². The Balaban J connectivity index is 2.16. The van der Waals surface area contributed by atoms with Crippen LogP contribution in [0.3, 0.4) is 0 Å². The third-order valence-electron chi connectivity index (χ3n) is 3.23. The zero-order valence-electron chi connectivity index (χ0n) is 10.2. The molecular formula is C13H16FNO3. The Morgan fingerprint density at radius 2 is 2.33 bits per heavy atom. The molecule has 1 aromatic carbocycles. The van der Waals surface area contributed by atoms with Crippen molar-refractivity contribution in [1.29, 1.82) is 0 Å². The van der Waals surface area contributed by atoms with Gasteiger partial charge in [0.25, 0.3) is 0 Å². The van der Waals surface area contributed by atoms with Gasteiger partial charge in [-0.25, -0.2) is 4.39 Å². The number of halogens is 1. The van der Waals surface area contributed by atoms with E-state index in [1.165, 1.54) is 13.2 Å². The Kier molecular flexibility index (Phi) is 3.81. The van der Waals surface area contributed by atoms with Crippen molar-refractivity contribution >= 4 is 5.91 Å². The van der Waals surface area contributed by atoms with Crippen LogP contribution in [0.1, 0.15) is 17.9 Å². The number of ether oxygens (including phenoxy) is 1. The number of methoxy groups -OCH3 is 1. The molecule has 5 heteroatoms. The van der Waals surface area contributed by atoms with Crippen LogP contribution >= 0.6 is 0 Å². The van der Waals surface area contributed by atoms with Crippen molar-refractivity contribution in [1.82, 2.24) is 4.90 Å². The Morgan fingerprint density at radius 3 is 2.94 bits per heavy atom. The second kappa shape index (κ2) is 5.35. The first-order valence-electron chi connectivity index (χ1n) is 5.87. The molecule has 1 N–H and O–H groups in total. The Hall–Kier alpha value is -1.62. The van der Waals surface area contributed by atoms with Gasteiger partial charge in [0.2, 0.25) is 5.91 Å². The number of hydrogen-bond acceptors (Lipinski definition) is 3. The fourth-order valence-corrected chi connectivity index (χ4v) is 2.28. The van der Waals surface area contributed by atoms with Gasteiger partial charge in [-0.2, -0.15) is 0 Å². The lowest BCUT2D eigenvalue weighted by Gasteiger charge is -2.15. The Morgan fingerprint density at radius 1 is 1.56 bits per heavy atom. The Labute approximate surface area is 105 Å². The summed E-state index contributed by atoms with van der Waals surface area (Å²) in [5.41, 5.74) is 0.532. The molecule has 0 aromatic heterocycles. The van der Waals surface area contributed by atoms with Crippen molar-refractivity contribution < 1.29 is 19.0 Å². The van der Waals surface area contributed by atoms with E-state index < -0.39 is 0 Å². The molecule has 0 radical (unpaired) electrons. The van der Waals surface area contributed by atoms with E-state index in [1.54, 1.807) is 17.0 Å². The summed E-state index contributed by atoms with van der Waals surface area (Å²) in [5.74, 6) is -0.0648. The predicted molar refractivity (Wildman–Crippen MR) is 64.0 cm³/mol. The monoisotopic (exact) mass is 253 g/mol. The first-order chi connectivity index (χ1) is 8.65. The van der Waals surface area contributed by atoms with Crippen LogP contribution < -0.4 is 4.74 Å². The van der Waals surface area contributed by atoms with Crippen LogP contribution in [-0.2, 0) is 4.79 Å². The lowest BCUT2D eigenvalue weighted by molar-refractivity contribution is -0.128. The number of aliphatic hydroxyl groups is 1. The first-order valence-corrected chi connectivity index (χ1v) is 5.87. The van der Waals surface area contributed by atoms with E-state index in [-0.39, 0.29) is 24.2 Å². The molecular weight excluding hydrogens is 237 g/mol.